The largest absolute Gasteiger partial charge is 0.467 e. The van der Waals surface area contributed by atoms with Gasteiger partial charge in [0.15, 0.2) is 6.10 Å². The zero-order valence-electron chi connectivity index (χ0n) is 11.4. The summed E-state index contributed by atoms with van der Waals surface area (Å²) in [5.74, 6) is -0.928. The molecule has 0 spiro atoms. The van der Waals surface area contributed by atoms with Gasteiger partial charge in [0, 0.05) is 24.2 Å². The Morgan fingerprint density at radius 1 is 1.48 bits per heavy atom. The zero-order valence-corrected chi connectivity index (χ0v) is 11.4. The smallest absolute Gasteiger partial charge is 0.336 e. The van der Waals surface area contributed by atoms with Crippen LogP contribution in [-0.4, -0.2) is 54.6 Å². The summed E-state index contributed by atoms with van der Waals surface area (Å²) in [6.45, 7) is 0.587. The number of nitro benzene ring substituents is 1. The minimum absolute atomic E-state index is 0.0637. The van der Waals surface area contributed by atoms with E-state index in [1.165, 1.54) is 36.3 Å². The third kappa shape index (κ3) is 3.34. The number of nitrogens with zero attached hydrogens (tertiary/aromatic N) is 2. The Morgan fingerprint density at radius 2 is 2.24 bits per heavy atom. The lowest BCUT2D eigenvalue weighted by atomic mass is 10.1. The number of carbonyl (C=O) groups is 2. The monoisotopic (exact) mass is 294 g/mol. The minimum atomic E-state index is -0.827. The van der Waals surface area contributed by atoms with Crippen LogP contribution in [0.2, 0.25) is 0 Å². The van der Waals surface area contributed by atoms with Gasteiger partial charge in [-0.3, -0.25) is 14.9 Å². The Labute approximate surface area is 120 Å². The molecule has 0 aliphatic carbocycles. The van der Waals surface area contributed by atoms with E-state index < -0.39 is 17.0 Å². The average Bonchev–Trinajstić information content (AvgIpc) is 2.53. The number of hydrogen-bond donors (Lipinski definition) is 0. The van der Waals surface area contributed by atoms with Gasteiger partial charge in [0.1, 0.15) is 0 Å². The van der Waals surface area contributed by atoms with Crippen LogP contribution >= 0.6 is 0 Å². The summed E-state index contributed by atoms with van der Waals surface area (Å²) in [5.41, 5.74) is 0.0494. The summed E-state index contributed by atoms with van der Waals surface area (Å²) in [6.07, 6.45) is -0.827. The van der Waals surface area contributed by atoms with Crippen LogP contribution in [0.4, 0.5) is 5.69 Å². The van der Waals surface area contributed by atoms with Crippen molar-refractivity contribution < 1.29 is 24.0 Å². The van der Waals surface area contributed by atoms with Gasteiger partial charge in [-0.2, -0.15) is 0 Å². The van der Waals surface area contributed by atoms with E-state index in [0.29, 0.717) is 6.54 Å². The van der Waals surface area contributed by atoms with E-state index in [9.17, 15) is 19.7 Å². The van der Waals surface area contributed by atoms with Crippen molar-refractivity contribution >= 4 is 17.6 Å². The summed E-state index contributed by atoms with van der Waals surface area (Å²) >= 11 is 0. The third-order valence-electron chi connectivity index (χ3n) is 3.12. The molecule has 21 heavy (non-hydrogen) atoms. The third-order valence-corrected chi connectivity index (χ3v) is 3.12. The molecule has 0 radical (unpaired) electrons. The number of nitro groups is 1. The Kier molecular flexibility index (Phi) is 4.49. The summed E-state index contributed by atoms with van der Waals surface area (Å²) in [6, 6.07) is 5.47. The highest BCUT2D eigenvalue weighted by molar-refractivity contribution is 5.95. The van der Waals surface area contributed by atoms with E-state index >= 15 is 0 Å². The Hall–Kier alpha value is -2.48. The van der Waals surface area contributed by atoms with Crippen molar-refractivity contribution in [1.82, 2.24) is 4.90 Å². The molecule has 2 rings (SSSR count). The number of hydrogen-bond acceptors (Lipinski definition) is 6. The second kappa shape index (κ2) is 6.31. The summed E-state index contributed by atoms with van der Waals surface area (Å²) in [5, 5.41) is 10.7. The van der Waals surface area contributed by atoms with Gasteiger partial charge in [0.05, 0.1) is 25.2 Å². The molecule has 0 bridgehead atoms. The van der Waals surface area contributed by atoms with Crippen molar-refractivity contribution in [2.45, 2.75) is 6.10 Å². The van der Waals surface area contributed by atoms with Crippen molar-refractivity contribution in [2.24, 2.45) is 0 Å². The van der Waals surface area contributed by atoms with Crippen LogP contribution in [0.25, 0.3) is 0 Å². The molecule has 1 atom stereocenters. The number of benzene rings is 1. The number of non-ortho nitro benzene ring substituents is 1. The maximum Gasteiger partial charge on any atom is 0.336 e. The molecule has 112 valence electrons. The second-order valence-electron chi connectivity index (χ2n) is 4.44. The highest BCUT2D eigenvalue weighted by Crippen LogP contribution is 2.16. The number of ether oxygens (including phenoxy) is 2. The number of rotatable bonds is 3. The number of morpholine rings is 1. The van der Waals surface area contributed by atoms with E-state index in [4.69, 9.17) is 4.74 Å². The van der Waals surface area contributed by atoms with Crippen molar-refractivity contribution in [3.63, 3.8) is 0 Å². The first-order valence-corrected chi connectivity index (χ1v) is 6.26. The zero-order chi connectivity index (χ0) is 15.4. The van der Waals surface area contributed by atoms with Gasteiger partial charge in [0.2, 0.25) is 0 Å². The molecular weight excluding hydrogens is 280 g/mol. The first-order chi connectivity index (χ1) is 10.0. The molecule has 1 aliphatic heterocycles. The summed E-state index contributed by atoms with van der Waals surface area (Å²) in [7, 11) is 1.24. The Morgan fingerprint density at radius 3 is 2.90 bits per heavy atom. The molecule has 1 unspecified atom stereocenters. The fourth-order valence-corrected chi connectivity index (χ4v) is 2.04. The highest BCUT2D eigenvalue weighted by Gasteiger charge is 2.30. The van der Waals surface area contributed by atoms with E-state index in [2.05, 4.69) is 4.74 Å². The highest BCUT2D eigenvalue weighted by atomic mass is 16.6. The lowest BCUT2D eigenvalue weighted by Crippen LogP contribution is -2.48. The first-order valence-electron chi connectivity index (χ1n) is 6.26. The Balaban J connectivity index is 2.14. The number of amides is 1. The molecule has 1 heterocycles. The molecule has 0 saturated carbocycles. The molecule has 1 aromatic carbocycles. The minimum Gasteiger partial charge on any atom is -0.467 e. The molecular formula is C13H14N2O6. The van der Waals surface area contributed by atoms with Gasteiger partial charge < -0.3 is 14.4 Å². The number of carbonyl (C=O) groups excluding carboxylic acids is 2. The molecule has 1 saturated heterocycles. The van der Waals surface area contributed by atoms with Crippen molar-refractivity contribution in [1.29, 1.82) is 0 Å². The van der Waals surface area contributed by atoms with Crippen molar-refractivity contribution in [3.8, 4) is 0 Å². The van der Waals surface area contributed by atoms with Crippen molar-refractivity contribution in [3.05, 3.63) is 39.9 Å². The van der Waals surface area contributed by atoms with Crippen LogP contribution in [0.15, 0.2) is 24.3 Å². The standard InChI is InChI=1S/C13H14N2O6/c1-20-13(17)11-8-14(5-6-21-11)12(16)9-3-2-4-10(7-9)15(18)19/h2-4,7,11H,5-6,8H2,1H3. The van der Waals surface area contributed by atoms with Crippen LogP contribution in [0.3, 0.4) is 0 Å². The molecule has 1 aromatic rings. The van der Waals surface area contributed by atoms with Crippen LogP contribution < -0.4 is 0 Å². The van der Waals surface area contributed by atoms with Crippen LogP contribution in [-0.2, 0) is 14.3 Å². The first kappa shape index (κ1) is 14.9. The lowest BCUT2D eigenvalue weighted by molar-refractivity contribution is -0.384. The van der Waals surface area contributed by atoms with E-state index in [1.54, 1.807) is 0 Å². The van der Waals surface area contributed by atoms with Gasteiger partial charge in [-0.05, 0) is 6.07 Å². The van der Waals surface area contributed by atoms with Gasteiger partial charge in [-0.25, -0.2) is 4.79 Å². The maximum atomic E-state index is 12.3. The average molecular weight is 294 g/mol. The van der Waals surface area contributed by atoms with Crippen molar-refractivity contribution in [2.75, 3.05) is 26.8 Å². The predicted octanol–water partition coefficient (Wildman–Crippen LogP) is 0.609. The van der Waals surface area contributed by atoms with E-state index in [1.807, 2.05) is 0 Å². The van der Waals surface area contributed by atoms with Crippen LogP contribution in [0.5, 0.6) is 0 Å². The fraction of sp³-hybridized carbons (Fsp3) is 0.385. The quantitative estimate of drug-likeness (QED) is 0.460. The molecule has 1 amide bonds. The Bertz CT molecular complexity index is 574. The lowest BCUT2D eigenvalue weighted by Gasteiger charge is -2.31. The van der Waals surface area contributed by atoms with E-state index in [0.717, 1.165) is 0 Å². The molecule has 0 N–H and O–H groups in total. The van der Waals surface area contributed by atoms with Crippen LogP contribution in [0.1, 0.15) is 10.4 Å². The topological polar surface area (TPSA) is 99.0 Å². The van der Waals surface area contributed by atoms with Crippen LogP contribution in [0, 0.1) is 10.1 Å². The molecule has 1 fully saturated rings. The predicted molar refractivity (Wildman–Crippen MR) is 70.8 cm³/mol. The normalized spacial score (nSPS) is 18.1. The van der Waals surface area contributed by atoms with E-state index in [-0.39, 0.29) is 30.3 Å². The maximum absolute atomic E-state index is 12.3. The number of methoxy groups -OCH3 is 1. The van der Waals surface area contributed by atoms with Gasteiger partial charge in [-0.15, -0.1) is 0 Å². The summed E-state index contributed by atoms with van der Waals surface area (Å²) < 4.78 is 9.82. The SMILES string of the molecule is COC(=O)C1CN(C(=O)c2cccc([N+](=O)[O-])c2)CCO1. The fourth-order valence-electron chi connectivity index (χ4n) is 2.04. The summed E-state index contributed by atoms with van der Waals surface area (Å²) in [4.78, 5) is 35.4. The molecule has 1 aliphatic rings. The molecule has 8 nitrogen and oxygen atoms in total. The van der Waals surface area contributed by atoms with Gasteiger partial charge >= 0.3 is 5.97 Å². The molecule has 0 aromatic heterocycles. The second-order valence-corrected chi connectivity index (χ2v) is 4.44. The van der Waals surface area contributed by atoms with Gasteiger partial charge in [0.25, 0.3) is 11.6 Å². The molecule has 8 heteroatoms. The number of esters is 1. The van der Waals surface area contributed by atoms with Gasteiger partial charge in [-0.1, -0.05) is 6.07 Å².